The first-order valence-electron chi connectivity index (χ1n) is 9.84. The lowest BCUT2D eigenvalue weighted by Gasteiger charge is -2.16. The van der Waals surface area contributed by atoms with Crippen LogP contribution in [0.1, 0.15) is 52.0 Å². The quantitative estimate of drug-likeness (QED) is 0.544. The molecule has 0 aliphatic heterocycles. The fourth-order valence-electron chi connectivity index (χ4n) is 3.04. The van der Waals surface area contributed by atoms with Crippen molar-refractivity contribution in [3.8, 4) is 5.75 Å². The summed E-state index contributed by atoms with van der Waals surface area (Å²) in [6.07, 6.45) is 0.531. The van der Waals surface area contributed by atoms with Crippen LogP contribution in [0.5, 0.6) is 5.75 Å². The third-order valence-electron chi connectivity index (χ3n) is 4.75. The Kier molecular flexibility index (Phi) is 6.96. The van der Waals surface area contributed by atoms with Gasteiger partial charge >= 0.3 is 5.97 Å². The molecule has 8 nitrogen and oxygen atoms in total. The van der Waals surface area contributed by atoms with Crippen molar-refractivity contribution in [2.24, 2.45) is 0 Å². The standard InChI is InChI=1S/C22H23FN4O4/c1-3-19-20(21(28)24-14(2)15-4-6-16(7-5-15)22(29)30)27(26-25-19)12-13-31-18-10-8-17(23)9-11-18/h4-11,14H,3,12-13H2,1-2H3,(H,24,28)(H,29,30)/t14-/m0/s1. The van der Waals surface area contributed by atoms with Crippen molar-refractivity contribution in [3.63, 3.8) is 0 Å². The van der Waals surface area contributed by atoms with Gasteiger partial charge in [-0.3, -0.25) is 4.79 Å². The number of carboxylic acids is 1. The average Bonchev–Trinajstić information content (AvgIpc) is 3.18. The molecule has 0 aliphatic carbocycles. The van der Waals surface area contributed by atoms with Crippen molar-refractivity contribution >= 4 is 11.9 Å². The minimum atomic E-state index is -1.01. The predicted octanol–water partition coefficient (Wildman–Crippen LogP) is 3.25. The van der Waals surface area contributed by atoms with Crippen LogP contribution in [-0.4, -0.2) is 38.6 Å². The smallest absolute Gasteiger partial charge is 0.335 e. The van der Waals surface area contributed by atoms with Gasteiger partial charge in [0.2, 0.25) is 0 Å². The second-order valence-corrected chi connectivity index (χ2v) is 6.89. The summed E-state index contributed by atoms with van der Waals surface area (Å²) in [6.45, 7) is 4.21. The van der Waals surface area contributed by atoms with Crippen molar-refractivity contribution < 1.29 is 23.8 Å². The van der Waals surface area contributed by atoms with E-state index in [2.05, 4.69) is 15.6 Å². The van der Waals surface area contributed by atoms with Crippen LogP contribution in [0.2, 0.25) is 0 Å². The first-order chi connectivity index (χ1) is 14.9. The number of hydrogen-bond donors (Lipinski definition) is 2. The second-order valence-electron chi connectivity index (χ2n) is 6.89. The molecular weight excluding hydrogens is 403 g/mol. The summed E-state index contributed by atoms with van der Waals surface area (Å²) in [6, 6.07) is 11.7. The molecule has 31 heavy (non-hydrogen) atoms. The third-order valence-corrected chi connectivity index (χ3v) is 4.75. The first-order valence-corrected chi connectivity index (χ1v) is 9.84. The van der Waals surface area contributed by atoms with Crippen molar-refractivity contribution in [1.29, 1.82) is 0 Å². The molecule has 0 fully saturated rings. The molecule has 0 unspecified atom stereocenters. The molecule has 1 heterocycles. The molecule has 1 aromatic heterocycles. The maximum Gasteiger partial charge on any atom is 0.335 e. The van der Waals surface area contributed by atoms with Gasteiger partial charge in [0.15, 0.2) is 0 Å². The number of carbonyl (C=O) groups excluding carboxylic acids is 1. The van der Waals surface area contributed by atoms with Gasteiger partial charge in [0.25, 0.3) is 5.91 Å². The number of nitrogens with zero attached hydrogens (tertiary/aromatic N) is 3. The van der Waals surface area contributed by atoms with Gasteiger partial charge in [-0.25, -0.2) is 13.9 Å². The first kappa shape index (κ1) is 21.9. The minimum absolute atomic E-state index is 0.180. The molecule has 9 heteroatoms. The van der Waals surface area contributed by atoms with Crippen LogP contribution in [0.4, 0.5) is 4.39 Å². The molecule has 0 spiro atoms. The Morgan fingerprint density at radius 2 is 1.84 bits per heavy atom. The van der Waals surface area contributed by atoms with Gasteiger partial charge in [-0.2, -0.15) is 0 Å². The Labute approximate surface area is 178 Å². The van der Waals surface area contributed by atoms with E-state index in [1.807, 2.05) is 13.8 Å². The fourth-order valence-corrected chi connectivity index (χ4v) is 3.04. The van der Waals surface area contributed by atoms with Crippen LogP contribution in [0.15, 0.2) is 48.5 Å². The molecule has 2 aromatic carbocycles. The van der Waals surface area contributed by atoms with Crippen LogP contribution in [0.25, 0.3) is 0 Å². The van der Waals surface area contributed by atoms with Gasteiger partial charge in [-0.05, 0) is 55.3 Å². The van der Waals surface area contributed by atoms with E-state index in [1.165, 1.54) is 41.1 Å². The van der Waals surface area contributed by atoms with E-state index in [9.17, 15) is 14.0 Å². The van der Waals surface area contributed by atoms with E-state index >= 15 is 0 Å². The van der Waals surface area contributed by atoms with E-state index in [1.54, 1.807) is 12.1 Å². The molecule has 1 atom stereocenters. The summed E-state index contributed by atoms with van der Waals surface area (Å²) in [5, 5.41) is 20.1. The van der Waals surface area contributed by atoms with E-state index in [-0.39, 0.29) is 36.5 Å². The lowest BCUT2D eigenvalue weighted by Crippen LogP contribution is -2.30. The number of carboxylic acid groups (broad SMARTS) is 1. The second kappa shape index (κ2) is 9.84. The number of hydrogen-bond acceptors (Lipinski definition) is 5. The molecule has 0 aliphatic rings. The fraction of sp³-hybridized carbons (Fsp3) is 0.273. The van der Waals surface area contributed by atoms with Gasteiger partial charge in [0, 0.05) is 0 Å². The Balaban J connectivity index is 1.67. The van der Waals surface area contributed by atoms with Gasteiger partial charge in [0.1, 0.15) is 23.9 Å². The zero-order valence-corrected chi connectivity index (χ0v) is 17.2. The summed E-state index contributed by atoms with van der Waals surface area (Å²) in [5.41, 5.74) is 1.86. The lowest BCUT2D eigenvalue weighted by atomic mass is 10.1. The van der Waals surface area contributed by atoms with Crippen LogP contribution in [0.3, 0.4) is 0 Å². The summed E-state index contributed by atoms with van der Waals surface area (Å²) in [5.74, 6) is -1.17. The van der Waals surface area contributed by atoms with Crippen molar-refractivity contribution in [1.82, 2.24) is 20.3 Å². The number of ether oxygens (including phenoxy) is 1. The third kappa shape index (κ3) is 5.44. The number of benzene rings is 2. The molecule has 3 rings (SSSR count). The normalized spacial score (nSPS) is 11.7. The zero-order valence-electron chi connectivity index (χ0n) is 17.2. The van der Waals surface area contributed by atoms with E-state index in [0.29, 0.717) is 23.6 Å². The number of rotatable bonds is 9. The van der Waals surface area contributed by atoms with E-state index in [4.69, 9.17) is 9.84 Å². The molecule has 0 saturated heterocycles. The van der Waals surface area contributed by atoms with Crippen molar-refractivity contribution in [3.05, 3.63) is 76.9 Å². The summed E-state index contributed by atoms with van der Waals surface area (Å²) in [4.78, 5) is 23.9. The molecule has 1 amide bonds. The maximum atomic E-state index is 13.0. The van der Waals surface area contributed by atoms with Gasteiger partial charge in [-0.15, -0.1) is 5.10 Å². The molecule has 0 radical (unpaired) electrons. The average molecular weight is 426 g/mol. The number of aromatic nitrogens is 3. The van der Waals surface area contributed by atoms with Gasteiger partial charge in [-0.1, -0.05) is 24.3 Å². The molecule has 0 bridgehead atoms. The molecule has 162 valence electrons. The van der Waals surface area contributed by atoms with Crippen LogP contribution in [0, 0.1) is 5.82 Å². The SMILES string of the molecule is CCc1nnn(CCOc2ccc(F)cc2)c1C(=O)N[C@@H](C)c1ccc(C(=O)O)cc1. The van der Waals surface area contributed by atoms with Crippen molar-refractivity contribution in [2.75, 3.05) is 6.61 Å². The number of nitrogens with one attached hydrogen (secondary N) is 1. The highest BCUT2D eigenvalue weighted by atomic mass is 19.1. The van der Waals surface area contributed by atoms with Gasteiger partial charge < -0.3 is 15.2 Å². The summed E-state index contributed by atoms with van der Waals surface area (Å²) < 4.78 is 20.1. The topological polar surface area (TPSA) is 106 Å². The Morgan fingerprint density at radius 3 is 2.45 bits per heavy atom. The van der Waals surface area contributed by atoms with Crippen LogP contribution < -0.4 is 10.1 Å². The van der Waals surface area contributed by atoms with Gasteiger partial charge in [0.05, 0.1) is 23.8 Å². The Morgan fingerprint density at radius 1 is 1.16 bits per heavy atom. The maximum absolute atomic E-state index is 13.0. The van der Waals surface area contributed by atoms with E-state index < -0.39 is 5.97 Å². The minimum Gasteiger partial charge on any atom is -0.492 e. The lowest BCUT2D eigenvalue weighted by molar-refractivity contribution is 0.0696. The van der Waals surface area contributed by atoms with Crippen molar-refractivity contribution in [2.45, 2.75) is 32.9 Å². The highest BCUT2D eigenvalue weighted by molar-refractivity contribution is 5.93. The summed E-state index contributed by atoms with van der Waals surface area (Å²) >= 11 is 0. The monoisotopic (exact) mass is 426 g/mol. The number of halogens is 1. The number of carbonyl (C=O) groups is 2. The largest absolute Gasteiger partial charge is 0.492 e. The van der Waals surface area contributed by atoms with E-state index in [0.717, 1.165) is 5.56 Å². The molecular formula is C22H23FN4O4. The zero-order chi connectivity index (χ0) is 22.4. The number of aryl methyl sites for hydroxylation is 1. The summed E-state index contributed by atoms with van der Waals surface area (Å²) in [7, 11) is 0. The number of aromatic carboxylic acids is 1. The highest BCUT2D eigenvalue weighted by Crippen LogP contribution is 2.16. The molecule has 0 saturated carbocycles. The van der Waals surface area contributed by atoms with Crippen LogP contribution in [-0.2, 0) is 13.0 Å². The molecule has 2 N–H and O–H groups in total. The number of amides is 1. The highest BCUT2D eigenvalue weighted by Gasteiger charge is 2.21. The molecule has 3 aromatic rings. The van der Waals surface area contributed by atoms with Crippen LogP contribution >= 0.6 is 0 Å². The Hall–Kier alpha value is -3.75. The Bertz CT molecular complexity index is 1050. The predicted molar refractivity (Wildman–Crippen MR) is 111 cm³/mol.